The molecular weight excluding hydrogens is 278 g/mol. The van der Waals surface area contributed by atoms with Gasteiger partial charge < -0.3 is 19.6 Å². The molecule has 0 saturated carbocycles. The molecule has 0 aliphatic carbocycles. The van der Waals surface area contributed by atoms with Crippen molar-refractivity contribution in [3.63, 3.8) is 0 Å². The lowest BCUT2D eigenvalue weighted by molar-refractivity contribution is 0.0413. The normalized spacial score (nSPS) is 17.9. The molecule has 0 spiro atoms. The third-order valence-corrected chi connectivity index (χ3v) is 4.17. The van der Waals surface area contributed by atoms with E-state index < -0.39 is 6.10 Å². The second-order valence-corrected chi connectivity index (χ2v) is 6.04. The fourth-order valence-corrected chi connectivity index (χ4v) is 2.88. The van der Waals surface area contributed by atoms with Crippen molar-refractivity contribution in [1.82, 2.24) is 9.80 Å². The lowest BCUT2D eigenvalue weighted by atomic mass is 10.2. The van der Waals surface area contributed by atoms with Gasteiger partial charge >= 0.3 is 0 Å². The van der Waals surface area contributed by atoms with Crippen LogP contribution in [0.4, 0.5) is 5.69 Å². The minimum Gasteiger partial charge on any atom is -0.389 e. The summed E-state index contributed by atoms with van der Waals surface area (Å²) in [5.41, 5.74) is 1.32. The Morgan fingerprint density at radius 3 is 2.50 bits per heavy atom. The molecule has 0 bridgehead atoms. The number of aliphatic hydroxyl groups excluding tert-OH is 1. The Balaban J connectivity index is 1.65. The van der Waals surface area contributed by atoms with E-state index in [2.05, 4.69) is 52.1 Å². The van der Waals surface area contributed by atoms with Crippen molar-refractivity contribution >= 4 is 5.69 Å². The fourth-order valence-electron chi connectivity index (χ4n) is 2.88. The summed E-state index contributed by atoms with van der Waals surface area (Å²) in [4.78, 5) is 7.12. The molecule has 1 saturated heterocycles. The van der Waals surface area contributed by atoms with Crippen LogP contribution >= 0.6 is 0 Å². The highest BCUT2D eigenvalue weighted by Crippen LogP contribution is 2.15. The Morgan fingerprint density at radius 2 is 1.86 bits per heavy atom. The first kappa shape index (κ1) is 17.2. The zero-order valence-corrected chi connectivity index (χ0v) is 13.8. The lowest BCUT2D eigenvalue weighted by Gasteiger charge is -2.36. The quantitative estimate of drug-likeness (QED) is 0.767. The molecular formula is C17H29N3O2. The van der Waals surface area contributed by atoms with Crippen LogP contribution in [0.2, 0.25) is 0 Å². The number of nitrogens with zero attached hydrogens (tertiary/aromatic N) is 3. The van der Waals surface area contributed by atoms with Crippen molar-refractivity contribution < 1.29 is 9.84 Å². The second-order valence-electron chi connectivity index (χ2n) is 6.04. The standard InChI is InChI=1S/C17H29N3O2/c1-18(14-17(21)15-22-2)8-9-19-10-12-20(13-11-19)16-6-4-3-5-7-16/h3-7,17,21H,8-15H2,1-2H3/t17-/m0/s1. The average Bonchev–Trinajstić information content (AvgIpc) is 2.54. The van der Waals surface area contributed by atoms with Gasteiger partial charge in [-0.1, -0.05) is 18.2 Å². The van der Waals surface area contributed by atoms with Crippen LogP contribution in [0, 0.1) is 0 Å². The number of anilines is 1. The first-order chi connectivity index (χ1) is 10.7. The highest BCUT2D eigenvalue weighted by molar-refractivity contribution is 5.46. The Bertz CT molecular complexity index is 408. The van der Waals surface area contributed by atoms with Crippen molar-refractivity contribution in [3.05, 3.63) is 30.3 Å². The van der Waals surface area contributed by atoms with E-state index in [4.69, 9.17) is 4.74 Å². The Labute approximate surface area is 134 Å². The van der Waals surface area contributed by atoms with E-state index in [1.807, 2.05) is 0 Å². The molecule has 5 heteroatoms. The minimum absolute atomic E-state index is 0.398. The first-order valence-electron chi connectivity index (χ1n) is 8.07. The Hall–Kier alpha value is -1.14. The summed E-state index contributed by atoms with van der Waals surface area (Å²) in [5, 5.41) is 9.73. The van der Waals surface area contributed by atoms with E-state index in [1.54, 1.807) is 7.11 Å². The third-order valence-electron chi connectivity index (χ3n) is 4.17. The molecule has 1 aromatic carbocycles. The van der Waals surface area contributed by atoms with Gasteiger partial charge in [0.05, 0.1) is 12.7 Å². The van der Waals surface area contributed by atoms with Crippen molar-refractivity contribution in [2.75, 3.05) is 71.5 Å². The monoisotopic (exact) mass is 307 g/mol. The van der Waals surface area contributed by atoms with Gasteiger partial charge in [-0.3, -0.25) is 4.90 Å². The summed E-state index contributed by atoms with van der Waals surface area (Å²) in [5.74, 6) is 0. The molecule has 0 unspecified atom stereocenters. The molecule has 1 heterocycles. The number of rotatable bonds is 8. The molecule has 0 aromatic heterocycles. The molecule has 1 aromatic rings. The molecule has 0 radical (unpaired) electrons. The van der Waals surface area contributed by atoms with Gasteiger partial charge in [-0.15, -0.1) is 0 Å². The van der Waals surface area contributed by atoms with Gasteiger partial charge in [0.1, 0.15) is 0 Å². The second kappa shape index (κ2) is 9.10. The van der Waals surface area contributed by atoms with E-state index >= 15 is 0 Å². The fraction of sp³-hybridized carbons (Fsp3) is 0.647. The summed E-state index contributed by atoms with van der Waals surface area (Å²) in [6.45, 7) is 7.47. The number of methoxy groups -OCH3 is 1. The SMILES string of the molecule is COC[C@@H](O)CN(C)CCN1CCN(c2ccccc2)CC1. The molecule has 5 nitrogen and oxygen atoms in total. The van der Waals surface area contributed by atoms with Crippen LogP contribution in [-0.4, -0.2) is 87.6 Å². The smallest absolute Gasteiger partial charge is 0.0899 e. The topological polar surface area (TPSA) is 39.2 Å². The molecule has 22 heavy (non-hydrogen) atoms. The highest BCUT2D eigenvalue weighted by Gasteiger charge is 2.17. The molecule has 124 valence electrons. The molecule has 1 N–H and O–H groups in total. The van der Waals surface area contributed by atoms with Gasteiger partial charge in [0.15, 0.2) is 0 Å². The van der Waals surface area contributed by atoms with E-state index in [1.165, 1.54) is 5.69 Å². The van der Waals surface area contributed by atoms with E-state index in [0.717, 1.165) is 39.3 Å². The van der Waals surface area contributed by atoms with Crippen molar-refractivity contribution in [1.29, 1.82) is 0 Å². The van der Waals surface area contributed by atoms with Crippen LogP contribution in [0.25, 0.3) is 0 Å². The molecule has 1 aliphatic heterocycles. The van der Waals surface area contributed by atoms with Crippen LogP contribution in [0.5, 0.6) is 0 Å². The predicted molar refractivity (Wildman–Crippen MR) is 90.5 cm³/mol. The van der Waals surface area contributed by atoms with Crippen LogP contribution in [0.15, 0.2) is 30.3 Å². The van der Waals surface area contributed by atoms with E-state index in [9.17, 15) is 5.11 Å². The van der Waals surface area contributed by atoms with Gasteiger partial charge in [0.2, 0.25) is 0 Å². The zero-order chi connectivity index (χ0) is 15.8. The summed E-state index contributed by atoms with van der Waals surface area (Å²) in [6, 6.07) is 10.6. The summed E-state index contributed by atoms with van der Waals surface area (Å²) in [6.07, 6.45) is -0.398. The van der Waals surface area contributed by atoms with Gasteiger partial charge in [-0.05, 0) is 19.2 Å². The summed E-state index contributed by atoms with van der Waals surface area (Å²) < 4.78 is 4.96. The van der Waals surface area contributed by atoms with Crippen LogP contribution in [0.3, 0.4) is 0 Å². The van der Waals surface area contributed by atoms with E-state index in [-0.39, 0.29) is 0 Å². The highest BCUT2D eigenvalue weighted by atomic mass is 16.5. The van der Waals surface area contributed by atoms with Gasteiger partial charge in [0.25, 0.3) is 0 Å². The van der Waals surface area contributed by atoms with Crippen LogP contribution in [0.1, 0.15) is 0 Å². The number of ether oxygens (including phenoxy) is 1. The van der Waals surface area contributed by atoms with Crippen LogP contribution in [-0.2, 0) is 4.74 Å². The average molecular weight is 307 g/mol. The summed E-state index contributed by atoms with van der Waals surface area (Å²) >= 11 is 0. The molecule has 1 atom stereocenters. The number of likely N-dealkylation sites (N-methyl/N-ethyl adjacent to an activating group) is 1. The molecule has 2 rings (SSSR count). The largest absolute Gasteiger partial charge is 0.389 e. The number of hydrogen-bond acceptors (Lipinski definition) is 5. The zero-order valence-electron chi connectivity index (χ0n) is 13.8. The minimum atomic E-state index is -0.398. The lowest BCUT2D eigenvalue weighted by Crippen LogP contribution is -2.48. The van der Waals surface area contributed by atoms with E-state index in [0.29, 0.717) is 13.2 Å². The molecule has 0 amide bonds. The third kappa shape index (κ3) is 5.57. The van der Waals surface area contributed by atoms with Gasteiger partial charge in [-0.2, -0.15) is 0 Å². The number of hydrogen-bond donors (Lipinski definition) is 1. The van der Waals surface area contributed by atoms with Crippen molar-refractivity contribution in [2.45, 2.75) is 6.10 Å². The summed E-state index contributed by atoms with van der Waals surface area (Å²) in [7, 11) is 3.68. The number of para-hydroxylation sites is 1. The number of aliphatic hydroxyl groups is 1. The van der Waals surface area contributed by atoms with Gasteiger partial charge in [0, 0.05) is 58.6 Å². The Kier molecular flexibility index (Phi) is 7.12. The first-order valence-corrected chi connectivity index (χ1v) is 8.07. The molecule has 1 fully saturated rings. The van der Waals surface area contributed by atoms with Gasteiger partial charge in [-0.25, -0.2) is 0 Å². The van der Waals surface area contributed by atoms with Crippen LogP contribution < -0.4 is 4.90 Å². The predicted octanol–water partition coefficient (Wildman–Crippen LogP) is 0.748. The number of benzene rings is 1. The van der Waals surface area contributed by atoms with Crippen molar-refractivity contribution in [3.8, 4) is 0 Å². The van der Waals surface area contributed by atoms with Crippen molar-refractivity contribution in [2.24, 2.45) is 0 Å². The maximum Gasteiger partial charge on any atom is 0.0899 e. The Morgan fingerprint density at radius 1 is 1.18 bits per heavy atom. The maximum atomic E-state index is 9.73. The molecule has 1 aliphatic rings. The number of piperazine rings is 1. The maximum absolute atomic E-state index is 9.73.